The Morgan fingerprint density at radius 2 is 2.14 bits per heavy atom. The summed E-state index contributed by atoms with van der Waals surface area (Å²) in [5.41, 5.74) is 2.04. The van der Waals surface area contributed by atoms with E-state index < -0.39 is 0 Å². The van der Waals surface area contributed by atoms with E-state index in [1.165, 1.54) is 0 Å². The van der Waals surface area contributed by atoms with Crippen molar-refractivity contribution in [2.75, 3.05) is 32.8 Å². The summed E-state index contributed by atoms with van der Waals surface area (Å²) in [6, 6.07) is 2.01. The Morgan fingerprint density at radius 1 is 1.33 bits per heavy atom. The van der Waals surface area contributed by atoms with Crippen LogP contribution >= 0.6 is 11.6 Å². The molecule has 2 aromatic rings. The number of hydrogen-bond donors (Lipinski definition) is 0. The number of pyridine rings is 1. The molecule has 1 unspecified atom stereocenters. The first-order chi connectivity index (χ1) is 10.3. The molecule has 0 aliphatic carbocycles. The van der Waals surface area contributed by atoms with E-state index in [0.29, 0.717) is 0 Å². The highest BCUT2D eigenvalue weighted by Crippen LogP contribution is 2.24. The Morgan fingerprint density at radius 3 is 2.90 bits per heavy atom. The Hall–Kier alpha value is -1.17. The predicted octanol–water partition coefficient (Wildman–Crippen LogP) is 2.45. The Bertz CT molecular complexity index is 592. The molecular formula is C15H21ClN4O. The third-order valence-electron chi connectivity index (χ3n) is 3.90. The van der Waals surface area contributed by atoms with Crippen molar-refractivity contribution in [1.82, 2.24) is 19.4 Å². The van der Waals surface area contributed by atoms with Crippen LogP contribution in [0.5, 0.6) is 0 Å². The van der Waals surface area contributed by atoms with Crippen LogP contribution in [0.15, 0.2) is 18.5 Å². The second kappa shape index (κ2) is 6.73. The number of aryl methyl sites for hydroxylation is 1. The summed E-state index contributed by atoms with van der Waals surface area (Å²) in [7, 11) is 0. The van der Waals surface area contributed by atoms with Gasteiger partial charge in [-0.15, -0.1) is 11.6 Å². The van der Waals surface area contributed by atoms with E-state index in [9.17, 15) is 0 Å². The Kier molecular flexibility index (Phi) is 4.73. The van der Waals surface area contributed by atoms with Gasteiger partial charge < -0.3 is 9.30 Å². The summed E-state index contributed by atoms with van der Waals surface area (Å²) in [5.74, 6) is 0.932. The Labute approximate surface area is 129 Å². The fourth-order valence-electron chi connectivity index (χ4n) is 2.82. The first-order valence-electron chi connectivity index (χ1n) is 7.50. The molecular weight excluding hydrogens is 288 g/mol. The standard InChI is InChI=1S/C15H21ClN4O/c1-12(16)15-18-13-11-17-4-3-14(13)20(15)6-2-5-19-7-9-21-10-8-19/h3-4,11-12H,2,5-10H2,1H3. The van der Waals surface area contributed by atoms with Gasteiger partial charge in [-0.2, -0.15) is 0 Å². The summed E-state index contributed by atoms with van der Waals surface area (Å²) in [6.45, 7) is 7.76. The summed E-state index contributed by atoms with van der Waals surface area (Å²) in [5, 5.41) is -0.0965. The van der Waals surface area contributed by atoms with Crippen molar-refractivity contribution in [3.05, 3.63) is 24.3 Å². The largest absolute Gasteiger partial charge is 0.379 e. The topological polar surface area (TPSA) is 43.2 Å². The summed E-state index contributed by atoms with van der Waals surface area (Å²) in [6.07, 6.45) is 4.70. The van der Waals surface area contributed by atoms with Gasteiger partial charge in [0.05, 0.1) is 30.3 Å². The number of rotatable bonds is 5. The van der Waals surface area contributed by atoms with Crippen molar-refractivity contribution in [3.63, 3.8) is 0 Å². The van der Waals surface area contributed by atoms with Gasteiger partial charge in [-0.25, -0.2) is 4.98 Å². The SMILES string of the molecule is CC(Cl)c1nc2cnccc2n1CCCN1CCOCC1. The van der Waals surface area contributed by atoms with Gasteiger partial charge in [0.2, 0.25) is 0 Å². The van der Waals surface area contributed by atoms with Crippen LogP contribution in [0.2, 0.25) is 0 Å². The molecule has 0 saturated carbocycles. The number of ether oxygens (including phenoxy) is 1. The zero-order chi connectivity index (χ0) is 14.7. The van der Waals surface area contributed by atoms with Gasteiger partial charge in [0.1, 0.15) is 11.3 Å². The van der Waals surface area contributed by atoms with Gasteiger partial charge in [-0.05, 0) is 19.4 Å². The predicted molar refractivity (Wildman–Crippen MR) is 83.7 cm³/mol. The van der Waals surface area contributed by atoms with Gasteiger partial charge in [0.25, 0.3) is 0 Å². The lowest BCUT2D eigenvalue weighted by Gasteiger charge is -2.26. The minimum atomic E-state index is -0.0965. The average molecular weight is 309 g/mol. The van der Waals surface area contributed by atoms with Gasteiger partial charge in [0, 0.05) is 32.4 Å². The molecule has 0 bridgehead atoms. The van der Waals surface area contributed by atoms with Crippen molar-refractivity contribution in [3.8, 4) is 0 Å². The van der Waals surface area contributed by atoms with Crippen LogP contribution in [0.4, 0.5) is 0 Å². The van der Waals surface area contributed by atoms with E-state index in [2.05, 4.69) is 19.4 Å². The normalized spacial score (nSPS) is 18.2. The molecule has 0 spiro atoms. The average Bonchev–Trinajstić information content (AvgIpc) is 2.88. The van der Waals surface area contributed by atoms with Gasteiger partial charge in [-0.3, -0.25) is 9.88 Å². The van der Waals surface area contributed by atoms with E-state index >= 15 is 0 Å². The molecule has 6 heteroatoms. The zero-order valence-corrected chi connectivity index (χ0v) is 13.1. The molecule has 1 aliphatic heterocycles. The number of halogens is 1. The van der Waals surface area contributed by atoms with E-state index in [0.717, 1.165) is 62.7 Å². The number of imidazole rings is 1. The minimum absolute atomic E-state index is 0.0965. The molecule has 0 radical (unpaired) electrons. The second-order valence-corrected chi connectivity index (χ2v) is 6.06. The molecule has 5 nitrogen and oxygen atoms in total. The molecule has 21 heavy (non-hydrogen) atoms. The van der Waals surface area contributed by atoms with Crippen LogP contribution < -0.4 is 0 Å². The van der Waals surface area contributed by atoms with Crippen LogP contribution in [-0.2, 0) is 11.3 Å². The number of aromatic nitrogens is 3. The molecule has 1 atom stereocenters. The molecule has 1 aliphatic rings. The van der Waals surface area contributed by atoms with E-state index in [1.54, 1.807) is 6.20 Å². The maximum Gasteiger partial charge on any atom is 0.127 e. The first kappa shape index (κ1) is 14.8. The summed E-state index contributed by atoms with van der Waals surface area (Å²) < 4.78 is 7.61. The highest BCUT2D eigenvalue weighted by molar-refractivity contribution is 6.20. The lowest BCUT2D eigenvalue weighted by molar-refractivity contribution is 0.0369. The maximum atomic E-state index is 6.28. The van der Waals surface area contributed by atoms with Crippen molar-refractivity contribution in [2.45, 2.75) is 25.3 Å². The van der Waals surface area contributed by atoms with Gasteiger partial charge in [0.15, 0.2) is 0 Å². The Balaban J connectivity index is 1.71. The van der Waals surface area contributed by atoms with Gasteiger partial charge in [-0.1, -0.05) is 0 Å². The summed E-state index contributed by atoms with van der Waals surface area (Å²) >= 11 is 6.28. The number of morpholine rings is 1. The van der Waals surface area contributed by atoms with Crippen molar-refractivity contribution in [1.29, 1.82) is 0 Å². The fraction of sp³-hybridized carbons (Fsp3) is 0.600. The third-order valence-corrected chi connectivity index (χ3v) is 4.09. The number of nitrogens with zero attached hydrogens (tertiary/aromatic N) is 4. The van der Waals surface area contributed by atoms with Crippen LogP contribution in [0.3, 0.4) is 0 Å². The second-order valence-electron chi connectivity index (χ2n) is 5.41. The molecule has 0 amide bonds. The monoisotopic (exact) mass is 308 g/mol. The van der Waals surface area contributed by atoms with Crippen LogP contribution in [0.1, 0.15) is 24.5 Å². The highest BCUT2D eigenvalue weighted by atomic mass is 35.5. The van der Waals surface area contributed by atoms with E-state index in [4.69, 9.17) is 16.3 Å². The smallest absolute Gasteiger partial charge is 0.127 e. The van der Waals surface area contributed by atoms with Crippen molar-refractivity contribution in [2.24, 2.45) is 0 Å². The highest BCUT2D eigenvalue weighted by Gasteiger charge is 2.15. The molecule has 1 fully saturated rings. The number of fused-ring (bicyclic) bond motifs is 1. The van der Waals surface area contributed by atoms with Crippen LogP contribution in [-0.4, -0.2) is 52.3 Å². The fourth-order valence-corrected chi connectivity index (χ4v) is 2.98. The van der Waals surface area contributed by atoms with Crippen molar-refractivity contribution >= 4 is 22.6 Å². The lowest BCUT2D eigenvalue weighted by atomic mass is 10.3. The number of alkyl halides is 1. The van der Waals surface area contributed by atoms with E-state index in [-0.39, 0.29) is 5.38 Å². The summed E-state index contributed by atoms with van der Waals surface area (Å²) in [4.78, 5) is 11.2. The van der Waals surface area contributed by atoms with Gasteiger partial charge >= 0.3 is 0 Å². The molecule has 2 aromatic heterocycles. The quantitative estimate of drug-likeness (QED) is 0.796. The minimum Gasteiger partial charge on any atom is -0.379 e. The zero-order valence-electron chi connectivity index (χ0n) is 12.3. The molecule has 0 aromatic carbocycles. The molecule has 3 heterocycles. The van der Waals surface area contributed by atoms with E-state index in [1.807, 2.05) is 19.2 Å². The molecule has 1 saturated heterocycles. The lowest BCUT2D eigenvalue weighted by Crippen LogP contribution is -2.37. The number of hydrogen-bond acceptors (Lipinski definition) is 4. The first-order valence-corrected chi connectivity index (χ1v) is 7.93. The maximum absolute atomic E-state index is 6.28. The molecule has 0 N–H and O–H groups in total. The van der Waals surface area contributed by atoms with Crippen LogP contribution in [0.25, 0.3) is 11.0 Å². The third kappa shape index (κ3) is 3.36. The molecule has 114 valence electrons. The van der Waals surface area contributed by atoms with Crippen LogP contribution in [0, 0.1) is 0 Å². The van der Waals surface area contributed by atoms with Crippen molar-refractivity contribution < 1.29 is 4.74 Å². The molecule has 3 rings (SSSR count).